The molecule has 1 aromatic rings. The van der Waals surface area contributed by atoms with Crippen molar-refractivity contribution in [2.75, 3.05) is 13.1 Å². The second kappa shape index (κ2) is 9.02. The zero-order valence-corrected chi connectivity index (χ0v) is 14.3. The summed E-state index contributed by atoms with van der Waals surface area (Å²) in [5, 5.41) is 2.59. The van der Waals surface area contributed by atoms with Gasteiger partial charge in [-0.15, -0.1) is 13.2 Å². The van der Waals surface area contributed by atoms with E-state index in [1.54, 1.807) is 6.92 Å². The van der Waals surface area contributed by atoms with E-state index in [0.29, 0.717) is 13.0 Å². The minimum atomic E-state index is -4.85. The Balaban J connectivity index is 2.49. The summed E-state index contributed by atoms with van der Waals surface area (Å²) in [6, 6.07) is 3.69. The van der Waals surface area contributed by atoms with E-state index < -0.39 is 22.1 Å². The van der Waals surface area contributed by atoms with Crippen molar-refractivity contribution in [1.82, 2.24) is 10.0 Å². The monoisotopic (exact) mass is 383 g/mol. The van der Waals surface area contributed by atoms with Crippen LogP contribution in [0.3, 0.4) is 0 Å². The standard InChI is InChI=1S/C14H20F3N3O4S/c1-10(18)6-8-19-13(21)7-9-20-25(22,23)12-4-2-11(3-5-12)24-14(15,16)17/h2-5,10,20H,6-9,18H2,1H3,(H,19,21). The maximum absolute atomic E-state index is 12.1. The number of hydrogen-bond acceptors (Lipinski definition) is 5. The van der Waals surface area contributed by atoms with E-state index in [2.05, 4.69) is 14.8 Å². The number of carbonyl (C=O) groups excluding carboxylic acids is 1. The van der Waals surface area contributed by atoms with Crippen LogP contribution in [0.25, 0.3) is 0 Å². The van der Waals surface area contributed by atoms with Crippen molar-refractivity contribution in [3.63, 3.8) is 0 Å². The first-order chi connectivity index (χ1) is 11.5. The fraction of sp³-hybridized carbons (Fsp3) is 0.500. The second-order valence-electron chi connectivity index (χ2n) is 5.28. The lowest BCUT2D eigenvalue weighted by atomic mass is 10.2. The first kappa shape index (κ1) is 21.2. The largest absolute Gasteiger partial charge is 0.573 e. The number of nitrogens with two attached hydrogens (primary N) is 1. The van der Waals surface area contributed by atoms with Gasteiger partial charge in [-0.25, -0.2) is 13.1 Å². The lowest BCUT2D eigenvalue weighted by Gasteiger charge is -2.10. The highest BCUT2D eigenvalue weighted by atomic mass is 32.2. The summed E-state index contributed by atoms with van der Waals surface area (Å²) in [7, 11) is -3.94. The third-order valence-electron chi connectivity index (χ3n) is 2.93. The molecule has 1 amide bonds. The average Bonchev–Trinajstić information content (AvgIpc) is 2.45. The van der Waals surface area contributed by atoms with Gasteiger partial charge in [0.15, 0.2) is 0 Å². The van der Waals surface area contributed by atoms with Gasteiger partial charge in [-0.1, -0.05) is 0 Å². The molecule has 0 aliphatic rings. The summed E-state index contributed by atoms with van der Waals surface area (Å²) in [6.07, 6.45) is -4.33. The Kier molecular flexibility index (Phi) is 7.64. The molecule has 0 aliphatic carbocycles. The van der Waals surface area contributed by atoms with Crippen molar-refractivity contribution in [3.8, 4) is 5.75 Å². The number of amides is 1. The first-order valence-corrected chi connectivity index (χ1v) is 8.86. The van der Waals surface area contributed by atoms with Crippen LogP contribution in [0, 0.1) is 0 Å². The number of halogens is 3. The zero-order chi connectivity index (χ0) is 19.1. The molecular formula is C14H20F3N3O4S. The minimum Gasteiger partial charge on any atom is -0.406 e. The summed E-state index contributed by atoms with van der Waals surface area (Å²) in [5.74, 6) is -0.864. The third kappa shape index (κ3) is 8.70. The maximum atomic E-state index is 12.1. The molecule has 7 nitrogen and oxygen atoms in total. The van der Waals surface area contributed by atoms with Gasteiger partial charge in [-0.2, -0.15) is 0 Å². The maximum Gasteiger partial charge on any atom is 0.573 e. The average molecular weight is 383 g/mol. The first-order valence-electron chi connectivity index (χ1n) is 7.37. The van der Waals surface area contributed by atoms with Crippen LogP contribution in [0.15, 0.2) is 29.2 Å². The molecule has 11 heteroatoms. The minimum absolute atomic E-state index is 0.0527. The molecule has 0 aliphatic heterocycles. The van der Waals surface area contributed by atoms with E-state index in [1.165, 1.54) is 0 Å². The third-order valence-corrected chi connectivity index (χ3v) is 4.41. The smallest absolute Gasteiger partial charge is 0.406 e. The van der Waals surface area contributed by atoms with Crippen LogP contribution >= 0.6 is 0 Å². The lowest BCUT2D eigenvalue weighted by molar-refractivity contribution is -0.274. The molecule has 0 bridgehead atoms. The fourth-order valence-corrected chi connectivity index (χ4v) is 2.76. The molecule has 1 aromatic carbocycles. The zero-order valence-electron chi connectivity index (χ0n) is 13.5. The highest BCUT2D eigenvalue weighted by Gasteiger charge is 2.31. The predicted molar refractivity (Wildman–Crippen MR) is 84.2 cm³/mol. The molecule has 1 atom stereocenters. The fourth-order valence-electron chi connectivity index (χ4n) is 1.73. The molecule has 0 aromatic heterocycles. The van der Waals surface area contributed by atoms with E-state index in [9.17, 15) is 26.4 Å². The molecule has 142 valence electrons. The Morgan fingerprint density at radius 3 is 2.36 bits per heavy atom. The molecule has 4 N–H and O–H groups in total. The van der Waals surface area contributed by atoms with Crippen LogP contribution in [0.1, 0.15) is 19.8 Å². The van der Waals surface area contributed by atoms with Crippen LogP contribution in [0.2, 0.25) is 0 Å². The molecule has 0 heterocycles. The van der Waals surface area contributed by atoms with Crippen molar-refractivity contribution in [2.45, 2.75) is 37.1 Å². The molecule has 1 rings (SSSR count). The van der Waals surface area contributed by atoms with Gasteiger partial charge in [0.2, 0.25) is 15.9 Å². The van der Waals surface area contributed by atoms with Crippen molar-refractivity contribution >= 4 is 15.9 Å². The van der Waals surface area contributed by atoms with Crippen LogP contribution in [-0.2, 0) is 14.8 Å². The highest BCUT2D eigenvalue weighted by molar-refractivity contribution is 7.89. The molecular weight excluding hydrogens is 363 g/mol. The van der Waals surface area contributed by atoms with Crippen molar-refractivity contribution < 1.29 is 31.1 Å². The summed E-state index contributed by atoms with van der Waals surface area (Å²) in [4.78, 5) is 11.3. The summed E-state index contributed by atoms with van der Waals surface area (Å²) < 4.78 is 66.0. The van der Waals surface area contributed by atoms with Gasteiger partial charge in [0.25, 0.3) is 0 Å². The second-order valence-corrected chi connectivity index (χ2v) is 7.05. The van der Waals surface area contributed by atoms with Gasteiger partial charge in [0.1, 0.15) is 5.75 Å². The number of alkyl halides is 3. The van der Waals surface area contributed by atoms with Crippen molar-refractivity contribution in [1.29, 1.82) is 0 Å². The summed E-state index contributed by atoms with van der Waals surface area (Å²) >= 11 is 0. The van der Waals surface area contributed by atoms with Gasteiger partial charge in [-0.05, 0) is 37.6 Å². The van der Waals surface area contributed by atoms with Crippen LogP contribution in [0.4, 0.5) is 13.2 Å². The van der Waals surface area contributed by atoms with Gasteiger partial charge in [0, 0.05) is 25.6 Å². The number of benzene rings is 1. The number of sulfonamides is 1. The van der Waals surface area contributed by atoms with Crippen molar-refractivity contribution in [3.05, 3.63) is 24.3 Å². The highest BCUT2D eigenvalue weighted by Crippen LogP contribution is 2.23. The molecule has 0 spiro atoms. The molecule has 1 unspecified atom stereocenters. The Morgan fingerprint density at radius 1 is 1.24 bits per heavy atom. The number of hydrogen-bond donors (Lipinski definition) is 3. The van der Waals surface area contributed by atoms with E-state index in [4.69, 9.17) is 5.73 Å². The van der Waals surface area contributed by atoms with Crippen LogP contribution in [0.5, 0.6) is 5.75 Å². The number of nitrogens with one attached hydrogen (secondary N) is 2. The van der Waals surface area contributed by atoms with Crippen molar-refractivity contribution in [2.24, 2.45) is 5.73 Å². The predicted octanol–water partition coefficient (Wildman–Crippen LogP) is 1.11. The quantitative estimate of drug-likeness (QED) is 0.592. The van der Waals surface area contributed by atoms with Gasteiger partial charge >= 0.3 is 6.36 Å². The Hall–Kier alpha value is -1.85. The normalized spacial score (nSPS) is 13.3. The summed E-state index contributed by atoms with van der Waals surface area (Å²) in [5.41, 5.74) is 5.53. The molecule has 0 saturated heterocycles. The Labute approximate surface area is 143 Å². The van der Waals surface area contributed by atoms with E-state index in [0.717, 1.165) is 24.3 Å². The number of carbonyl (C=O) groups is 1. The van der Waals surface area contributed by atoms with Gasteiger partial charge in [0.05, 0.1) is 4.90 Å². The topological polar surface area (TPSA) is 111 Å². The Morgan fingerprint density at radius 2 is 1.84 bits per heavy atom. The van der Waals surface area contributed by atoms with Gasteiger partial charge < -0.3 is 15.8 Å². The summed E-state index contributed by atoms with van der Waals surface area (Å²) in [6.45, 7) is 2.04. The lowest BCUT2D eigenvalue weighted by Crippen LogP contribution is -2.32. The van der Waals surface area contributed by atoms with E-state index in [1.807, 2.05) is 0 Å². The van der Waals surface area contributed by atoms with Gasteiger partial charge in [-0.3, -0.25) is 4.79 Å². The molecule has 0 fully saturated rings. The van der Waals surface area contributed by atoms with E-state index >= 15 is 0 Å². The van der Waals surface area contributed by atoms with E-state index in [-0.39, 0.29) is 29.8 Å². The Bertz CT molecular complexity index is 661. The van der Waals surface area contributed by atoms with Crippen LogP contribution < -0.4 is 20.5 Å². The van der Waals surface area contributed by atoms with Crippen LogP contribution in [-0.4, -0.2) is 39.8 Å². The SMILES string of the molecule is CC(N)CCNC(=O)CCNS(=O)(=O)c1ccc(OC(F)(F)F)cc1. The molecule has 0 saturated carbocycles. The molecule has 0 radical (unpaired) electrons. The number of rotatable bonds is 9. The molecule has 25 heavy (non-hydrogen) atoms. The number of ether oxygens (including phenoxy) is 1.